The van der Waals surface area contributed by atoms with Gasteiger partial charge in [-0.1, -0.05) is 6.92 Å². The van der Waals surface area contributed by atoms with Gasteiger partial charge in [0.25, 0.3) is 0 Å². The van der Waals surface area contributed by atoms with E-state index in [0.717, 1.165) is 58.1 Å². The first-order valence-corrected chi connectivity index (χ1v) is 9.98. The summed E-state index contributed by atoms with van der Waals surface area (Å²) in [6.45, 7) is 7.76. The van der Waals surface area contributed by atoms with Crippen molar-refractivity contribution in [2.45, 2.75) is 32.4 Å². The summed E-state index contributed by atoms with van der Waals surface area (Å²) >= 11 is 1.73. The van der Waals surface area contributed by atoms with E-state index in [9.17, 15) is 0 Å². The van der Waals surface area contributed by atoms with Gasteiger partial charge in [-0.15, -0.1) is 11.3 Å². The van der Waals surface area contributed by atoms with Crippen LogP contribution in [0.2, 0.25) is 0 Å². The Morgan fingerprint density at radius 3 is 2.84 bits per heavy atom. The van der Waals surface area contributed by atoms with Gasteiger partial charge in [0.2, 0.25) is 5.95 Å². The molecule has 0 N–H and O–H groups in total. The first-order valence-electron chi connectivity index (χ1n) is 9.10. The van der Waals surface area contributed by atoms with Gasteiger partial charge < -0.3 is 9.64 Å². The SMILES string of the molecule is CCc1cnc(N2CCO[C@H]3CN(Cc4nccs4)CC[C@H]3C2)nc1. The van der Waals surface area contributed by atoms with E-state index >= 15 is 0 Å². The predicted molar refractivity (Wildman–Crippen MR) is 98.9 cm³/mol. The topological polar surface area (TPSA) is 54.4 Å². The number of thiazole rings is 1. The Hall–Kier alpha value is -1.57. The van der Waals surface area contributed by atoms with E-state index in [1.165, 1.54) is 10.6 Å². The summed E-state index contributed by atoms with van der Waals surface area (Å²) in [5, 5.41) is 3.24. The number of aromatic nitrogens is 3. The lowest BCUT2D eigenvalue weighted by atomic mass is 9.93. The Balaban J connectivity index is 1.39. The summed E-state index contributed by atoms with van der Waals surface area (Å²) in [5.74, 6) is 1.39. The third-order valence-corrected chi connectivity index (χ3v) is 5.92. The summed E-state index contributed by atoms with van der Waals surface area (Å²) in [4.78, 5) is 18.3. The van der Waals surface area contributed by atoms with Crippen molar-refractivity contribution in [1.82, 2.24) is 19.9 Å². The smallest absolute Gasteiger partial charge is 0.225 e. The van der Waals surface area contributed by atoms with Crippen molar-refractivity contribution in [3.05, 3.63) is 34.5 Å². The van der Waals surface area contributed by atoms with Crippen LogP contribution in [-0.4, -0.2) is 58.7 Å². The quantitative estimate of drug-likeness (QED) is 0.834. The molecule has 0 aliphatic carbocycles. The standard InChI is InChI=1S/C18H25N5OS/c1-2-14-9-20-18(21-10-14)23-6-7-24-16-12-22(5-3-15(16)11-23)13-17-19-4-8-25-17/h4,8-10,15-16H,2-3,5-7,11-13H2,1H3/t15-,16-/m0/s1. The lowest BCUT2D eigenvalue weighted by Gasteiger charge is -2.37. The van der Waals surface area contributed by atoms with Gasteiger partial charge in [-0.2, -0.15) is 0 Å². The zero-order valence-electron chi connectivity index (χ0n) is 14.7. The van der Waals surface area contributed by atoms with Crippen molar-refractivity contribution >= 4 is 17.3 Å². The van der Waals surface area contributed by atoms with E-state index < -0.39 is 0 Å². The van der Waals surface area contributed by atoms with Gasteiger partial charge in [0, 0.05) is 49.5 Å². The van der Waals surface area contributed by atoms with E-state index in [0.29, 0.717) is 12.0 Å². The van der Waals surface area contributed by atoms with Crippen LogP contribution in [0.4, 0.5) is 5.95 Å². The van der Waals surface area contributed by atoms with Gasteiger partial charge in [-0.05, 0) is 24.9 Å². The van der Waals surface area contributed by atoms with Gasteiger partial charge in [0.15, 0.2) is 0 Å². The molecule has 7 heteroatoms. The Morgan fingerprint density at radius 2 is 2.08 bits per heavy atom. The fourth-order valence-electron chi connectivity index (χ4n) is 3.66. The molecule has 0 aromatic carbocycles. The average molecular weight is 359 g/mol. The van der Waals surface area contributed by atoms with E-state index in [-0.39, 0.29) is 0 Å². The number of piperidine rings is 1. The summed E-state index contributed by atoms with van der Waals surface area (Å²) in [5.41, 5.74) is 1.18. The van der Waals surface area contributed by atoms with Crippen LogP contribution in [0, 0.1) is 5.92 Å². The number of aryl methyl sites for hydroxylation is 1. The second kappa shape index (κ2) is 7.76. The molecule has 4 rings (SSSR count). The largest absolute Gasteiger partial charge is 0.375 e. The molecule has 2 fully saturated rings. The highest BCUT2D eigenvalue weighted by atomic mass is 32.1. The Morgan fingerprint density at radius 1 is 1.20 bits per heavy atom. The van der Waals surface area contributed by atoms with E-state index in [4.69, 9.17) is 4.74 Å². The minimum atomic E-state index is 0.300. The number of nitrogens with zero attached hydrogens (tertiary/aromatic N) is 5. The molecule has 134 valence electrons. The van der Waals surface area contributed by atoms with E-state index in [1.54, 1.807) is 11.3 Å². The predicted octanol–water partition coefficient (Wildman–Crippen LogP) is 2.22. The van der Waals surface area contributed by atoms with Gasteiger partial charge in [-0.3, -0.25) is 4.90 Å². The molecule has 0 radical (unpaired) electrons. The lowest BCUT2D eigenvalue weighted by Crippen LogP contribution is -2.46. The molecule has 0 bridgehead atoms. The molecule has 25 heavy (non-hydrogen) atoms. The van der Waals surface area contributed by atoms with Crippen molar-refractivity contribution in [2.24, 2.45) is 5.92 Å². The first kappa shape index (κ1) is 16.9. The number of likely N-dealkylation sites (tertiary alicyclic amines) is 1. The van der Waals surface area contributed by atoms with Crippen LogP contribution >= 0.6 is 11.3 Å². The number of hydrogen-bond acceptors (Lipinski definition) is 7. The molecule has 0 unspecified atom stereocenters. The maximum Gasteiger partial charge on any atom is 0.225 e. The summed E-state index contributed by atoms with van der Waals surface area (Å²) in [6, 6.07) is 0. The zero-order valence-corrected chi connectivity index (χ0v) is 15.5. The number of anilines is 1. The van der Waals surface area contributed by atoms with E-state index in [1.807, 2.05) is 24.0 Å². The second-order valence-corrected chi connectivity index (χ2v) is 7.79. The monoisotopic (exact) mass is 359 g/mol. The molecule has 6 nitrogen and oxygen atoms in total. The maximum atomic E-state index is 6.20. The minimum absolute atomic E-state index is 0.300. The van der Waals surface area contributed by atoms with Gasteiger partial charge in [-0.25, -0.2) is 15.0 Å². The minimum Gasteiger partial charge on any atom is -0.375 e. The molecule has 2 aliphatic heterocycles. The van der Waals surface area contributed by atoms with Crippen molar-refractivity contribution in [3.63, 3.8) is 0 Å². The van der Waals surface area contributed by atoms with Crippen LogP contribution in [0.25, 0.3) is 0 Å². The lowest BCUT2D eigenvalue weighted by molar-refractivity contribution is -0.0239. The number of rotatable bonds is 4. The van der Waals surface area contributed by atoms with Crippen LogP contribution in [-0.2, 0) is 17.7 Å². The van der Waals surface area contributed by atoms with Crippen LogP contribution in [0.15, 0.2) is 24.0 Å². The summed E-state index contributed by atoms with van der Waals surface area (Å²) in [7, 11) is 0. The first-order chi connectivity index (χ1) is 12.3. The van der Waals surface area contributed by atoms with Crippen LogP contribution in [0.1, 0.15) is 23.9 Å². The third-order valence-electron chi connectivity index (χ3n) is 5.15. The molecule has 4 heterocycles. The van der Waals surface area contributed by atoms with Gasteiger partial charge in [0.1, 0.15) is 5.01 Å². The highest BCUT2D eigenvalue weighted by molar-refractivity contribution is 7.09. The molecule has 2 aliphatic rings. The van der Waals surface area contributed by atoms with Crippen LogP contribution < -0.4 is 4.90 Å². The number of fused-ring (bicyclic) bond motifs is 1. The third kappa shape index (κ3) is 3.99. The number of hydrogen-bond donors (Lipinski definition) is 0. The molecule has 2 aromatic rings. The molecule has 0 spiro atoms. The molecule has 2 atom stereocenters. The summed E-state index contributed by atoms with van der Waals surface area (Å²) < 4.78 is 6.20. The van der Waals surface area contributed by atoms with Gasteiger partial charge in [0.05, 0.1) is 19.3 Å². The molecular weight excluding hydrogens is 334 g/mol. The van der Waals surface area contributed by atoms with Crippen LogP contribution in [0.5, 0.6) is 0 Å². The molecule has 2 saturated heterocycles. The van der Waals surface area contributed by atoms with E-state index in [2.05, 4.69) is 31.7 Å². The van der Waals surface area contributed by atoms with Crippen molar-refractivity contribution in [2.75, 3.05) is 37.7 Å². The Kier molecular flexibility index (Phi) is 5.24. The molecule has 0 saturated carbocycles. The molecule has 0 amide bonds. The Labute approximate surface area is 152 Å². The maximum absolute atomic E-state index is 6.20. The second-order valence-electron chi connectivity index (χ2n) is 6.81. The van der Waals surface area contributed by atoms with Crippen LogP contribution in [0.3, 0.4) is 0 Å². The average Bonchev–Trinajstić information content (AvgIpc) is 3.06. The summed E-state index contributed by atoms with van der Waals surface area (Å²) in [6.07, 6.45) is 8.21. The van der Waals surface area contributed by atoms with Gasteiger partial charge >= 0.3 is 0 Å². The van der Waals surface area contributed by atoms with Crippen molar-refractivity contribution in [3.8, 4) is 0 Å². The highest BCUT2D eigenvalue weighted by Crippen LogP contribution is 2.26. The molecular formula is C18H25N5OS. The fraction of sp³-hybridized carbons (Fsp3) is 0.611. The number of ether oxygens (including phenoxy) is 1. The zero-order chi connectivity index (χ0) is 17.1. The Bertz CT molecular complexity index is 663. The highest BCUT2D eigenvalue weighted by Gasteiger charge is 2.34. The fourth-order valence-corrected chi connectivity index (χ4v) is 4.31. The molecule has 2 aromatic heterocycles. The normalized spacial score (nSPS) is 24.8. The van der Waals surface area contributed by atoms with Crippen molar-refractivity contribution < 1.29 is 4.74 Å². The van der Waals surface area contributed by atoms with Crippen molar-refractivity contribution in [1.29, 1.82) is 0 Å².